The Balaban J connectivity index is 2.22. The molecule has 1 aliphatic carbocycles. The first-order valence-corrected chi connectivity index (χ1v) is 7.66. The molecular weight excluding hydrogens is 274 g/mol. The van der Waals surface area contributed by atoms with Crippen LogP contribution in [0.15, 0.2) is 18.2 Å². The minimum Gasteiger partial charge on any atom is -0.478 e. The van der Waals surface area contributed by atoms with Crippen LogP contribution in [0.25, 0.3) is 0 Å². The van der Waals surface area contributed by atoms with Gasteiger partial charge in [0.25, 0.3) is 0 Å². The van der Waals surface area contributed by atoms with Crippen molar-refractivity contribution in [2.24, 2.45) is 11.8 Å². The second-order valence-electron chi connectivity index (χ2n) is 5.94. The summed E-state index contributed by atoms with van der Waals surface area (Å²) in [5.74, 6) is 0.265. The quantitative estimate of drug-likeness (QED) is 0.849. The van der Waals surface area contributed by atoms with Crippen molar-refractivity contribution in [3.63, 3.8) is 0 Å². The van der Waals surface area contributed by atoms with Crippen molar-refractivity contribution >= 4 is 23.3 Å². The van der Waals surface area contributed by atoms with Gasteiger partial charge in [0.05, 0.1) is 5.56 Å². The standard InChI is InChI=1S/C16H22ClNO2/c1-10(2)12-5-3-4-6-14(12)18-15-8-7-11(17)9-13(15)16(19)20/h7-10,12,14,18H,3-6H2,1-2H3,(H,19,20). The summed E-state index contributed by atoms with van der Waals surface area (Å²) in [5.41, 5.74) is 0.935. The van der Waals surface area contributed by atoms with Crippen LogP contribution < -0.4 is 5.32 Å². The number of benzene rings is 1. The largest absolute Gasteiger partial charge is 0.478 e. The Kier molecular flexibility index (Phi) is 4.92. The van der Waals surface area contributed by atoms with Gasteiger partial charge in [0.15, 0.2) is 0 Å². The number of carboxylic acid groups (broad SMARTS) is 1. The maximum Gasteiger partial charge on any atom is 0.337 e. The van der Waals surface area contributed by atoms with Crippen molar-refractivity contribution in [3.8, 4) is 0 Å². The molecule has 3 nitrogen and oxygen atoms in total. The zero-order chi connectivity index (χ0) is 14.7. The van der Waals surface area contributed by atoms with Crippen LogP contribution >= 0.6 is 11.6 Å². The van der Waals surface area contributed by atoms with Gasteiger partial charge in [-0.2, -0.15) is 0 Å². The first-order valence-electron chi connectivity index (χ1n) is 7.28. The Bertz CT molecular complexity index is 487. The smallest absolute Gasteiger partial charge is 0.337 e. The van der Waals surface area contributed by atoms with Crippen molar-refractivity contribution in [1.29, 1.82) is 0 Å². The molecule has 2 N–H and O–H groups in total. The summed E-state index contributed by atoms with van der Waals surface area (Å²) in [6, 6.07) is 5.38. The van der Waals surface area contributed by atoms with Crippen LogP contribution in [0, 0.1) is 11.8 Å². The third-order valence-electron chi connectivity index (χ3n) is 4.23. The predicted octanol–water partition coefficient (Wildman–Crippen LogP) is 4.66. The van der Waals surface area contributed by atoms with E-state index >= 15 is 0 Å². The second-order valence-corrected chi connectivity index (χ2v) is 6.37. The third kappa shape index (κ3) is 3.45. The predicted molar refractivity (Wildman–Crippen MR) is 82.6 cm³/mol. The van der Waals surface area contributed by atoms with Gasteiger partial charge in [-0.05, 0) is 42.9 Å². The molecule has 2 unspecified atom stereocenters. The minimum absolute atomic E-state index is 0.255. The summed E-state index contributed by atoms with van der Waals surface area (Å²) in [6.07, 6.45) is 4.79. The molecule has 2 rings (SSSR count). The molecule has 0 heterocycles. The topological polar surface area (TPSA) is 49.3 Å². The Morgan fingerprint density at radius 2 is 2.05 bits per heavy atom. The molecule has 0 bridgehead atoms. The number of nitrogens with one attached hydrogen (secondary N) is 1. The van der Waals surface area contributed by atoms with Crippen LogP contribution in [0.2, 0.25) is 5.02 Å². The zero-order valence-corrected chi connectivity index (χ0v) is 12.8. The molecule has 1 saturated carbocycles. The van der Waals surface area contributed by atoms with Gasteiger partial charge in [-0.3, -0.25) is 0 Å². The number of hydrogen-bond acceptors (Lipinski definition) is 2. The fraction of sp³-hybridized carbons (Fsp3) is 0.562. The molecule has 1 aliphatic rings. The zero-order valence-electron chi connectivity index (χ0n) is 12.0. The van der Waals surface area contributed by atoms with E-state index in [9.17, 15) is 9.90 Å². The number of hydrogen-bond donors (Lipinski definition) is 2. The van der Waals surface area contributed by atoms with Crippen molar-refractivity contribution in [2.75, 3.05) is 5.32 Å². The van der Waals surface area contributed by atoms with Crippen LogP contribution in [0.4, 0.5) is 5.69 Å². The Morgan fingerprint density at radius 3 is 2.70 bits per heavy atom. The number of rotatable bonds is 4. The van der Waals surface area contributed by atoms with E-state index < -0.39 is 5.97 Å². The van der Waals surface area contributed by atoms with Crippen LogP contribution in [0.5, 0.6) is 0 Å². The van der Waals surface area contributed by atoms with Crippen LogP contribution in [-0.2, 0) is 0 Å². The van der Waals surface area contributed by atoms with Crippen molar-refractivity contribution < 1.29 is 9.90 Å². The highest BCUT2D eigenvalue weighted by molar-refractivity contribution is 6.31. The highest BCUT2D eigenvalue weighted by Gasteiger charge is 2.28. The molecule has 20 heavy (non-hydrogen) atoms. The molecule has 0 spiro atoms. The Hall–Kier alpha value is -1.22. The second kappa shape index (κ2) is 6.49. The molecule has 0 radical (unpaired) electrons. The van der Waals surface area contributed by atoms with Crippen LogP contribution in [0.3, 0.4) is 0 Å². The van der Waals surface area contributed by atoms with Gasteiger partial charge in [0, 0.05) is 16.8 Å². The van der Waals surface area contributed by atoms with Crippen LogP contribution in [-0.4, -0.2) is 17.1 Å². The van der Waals surface area contributed by atoms with Gasteiger partial charge < -0.3 is 10.4 Å². The molecule has 0 amide bonds. The monoisotopic (exact) mass is 295 g/mol. The Morgan fingerprint density at radius 1 is 1.35 bits per heavy atom. The number of carboxylic acids is 1. The molecule has 2 atom stereocenters. The van der Waals surface area contributed by atoms with E-state index in [4.69, 9.17) is 11.6 Å². The molecule has 1 aromatic carbocycles. The first kappa shape index (κ1) is 15.2. The summed E-state index contributed by atoms with van der Waals surface area (Å²) in [4.78, 5) is 11.3. The number of carbonyl (C=O) groups is 1. The summed E-state index contributed by atoms with van der Waals surface area (Å²) < 4.78 is 0. The van der Waals surface area contributed by atoms with E-state index in [0.717, 1.165) is 6.42 Å². The van der Waals surface area contributed by atoms with Gasteiger partial charge in [0.1, 0.15) is 0 Å². The minimum atomic E-state index is -0.938. The number of aromatic carboxylic acids is 1. The van der Waals surface area contributed by atoms with E-state index in [1.54, 1.807) is 12.1 Å². The lowest BCUT2D eigenvalue weighted by Gasteiger charge is -2.35. The molecule has 0 aromatic heterocycles. The van der Waals surface area contributed by atoms with Crippen molar-refractivity contribution in [2.45, 2.75) is 45.6 Å². The summed E-state index contributed by atoms with van der Waals surface area (Å²) in [6.45, 7) is 4.48. The van der Waals surface area contributed by atoms with Gasteiger partial charge in [-0.15, -0.1) is 0 Å². The molecule has 1 fully saturated rings. The number of halogens is 1. The van der Waals surface area contributed by atoms with E-state index in [1.807, 2.05) is 0 Å². The molecule has 110 valence electrons. The van der Waals surface area contributed by atoms with Gasteiger partial charge in [-0.1, -0.05) is 38.3 Å². The van der Waals surface area contributed by atoms with Gasteiger partial charge in [0.2, 0.25) is 0 Å². The van der Waals surface area contributed by atoms with E-state index in [1.165, 1.54) is 25.3 Å². The molecular formula is C16H22ClNO2. The highest BCUT2D eigenvalue weighted by Crippen LogP contribution is 2.33. The van der Waals surface area contributed by atoms with E-state index in [-0.39, 0.29) is 5.56 Å². The summed E-state index contributed by atoms with van der Waals surface area (Å²) in [5, 5.41) is 13.2. The average Bonchev–Trinajstić information content (AvgIpc) is 2.41. The molecule has 4 heteroatoms. The lowest BCUT2D eigenvalue weighted by Crippen LogP contribution is -2.35. The van der Waals surface area contributed by atoms with Crippen molar-refractivity contribution in [1.82, 2.24) is 0 Å². The van der Waals surface area contributed by atoms with Gasteiger partial charge in [-0.25, -0.2) is 4.79 Å². The first-order chi connectivity index (χ1) is 9.49. The third-order valence-corrected chi connectivity index (χ3v) is 4.46. The molecule has 0 saturated heterocycles. The normalized spacial score (nSPS) is 22.8. The maximum absolute atomic E-state index is 11.3. The molecule has 0 aliphatic heterocycles. The fourth-order valence-electron chi connectivity index (χ4n) is 3.16. The number of anilines is 1. The summed E-state index contributed by atoms with van der Waals surface area (Å²) in [7, 11) is 0. The van der Waals surface area contributed by atoms with Gasteiger partial charge >= 0.3 is 5.97 Å². The van der Waals surface area contributed by atoms with Crippen LogP contribution in [0.1, 0.15) is 49.9 Å². The Labute approximate surface area is 125 Å². The summed E-state index contributed by atoms with van der Waals surface area (Å²) >= 11 is 5.89. The lowest BCUT2D eigenvalue weighted by molar-refractivity contribution is 0.0698. The average molecular weight is 296 g/mol. The lowest BCUT2D eigenvalue weighted by atomic mass is 9.77. The fourth-order valence-corrected chi connectivity index (χ4v) is 3.33. The van der Waals surface area contributed by atoms with E-state index in [2.05, 4.69) is 19.2 Å². The highest BCUT2D eigenvalue weighted by atomic mass is 35.5. The van der Waals surface area contributed by atoms with Crippen molar-refractivity contribution in [3.05, 3.63) is 28.8 Å². The SMILES string of the molecule is CC(C)C1CCCCC1Nc1ccc(Cl)cc1C(=O)O. The van der Waals surface area contributed by atoms with E-state index in [0.29, 0.717) is 28.6 Å². The maximum atomic E-state index is 11.3. The molecule has 1 aromatic rings.